The van der Waals surface area contributed by atoms with E-state index in [4.69, 9.17) is 0 Å². The molecular formula is C15H12F3N3O2S. The summed E-state index contributed by atoms with van der Waals surface area (Å²) < 4.78 is 62.6. The predicted octanol–water partition coefficient (Wildman–Crippen LogP) is 3.44. The van der Waals surface area contributed by atoms with Crippen molar-refractivity contribution in [2.75, 3.05) is 5.75 Å². The van der Waals surface area contributed by atoms with Gasteiger partial charge in [-0.15, -0.1) is 0 Å². The number of hydrogen-bond donors (Lipinski definition) is 1. The van der Waals surface area contributed by atoms with Crippen molar-refractivity contribution in [3.63, 3.8) is 0 Å². The summed E-state index contributed by atoms with van der Waals surface area (Å²) in [4.78, 5) is 10.2. The molecule has 0 saturated heterocycles. The smallest absolute Gasteiger partial charge is 0.339 e. The molecule has 3 aromatic rings. The van der Waals surface area contributed by atoms with E-state index in [2.05, 4.69) is 15.0 Å². The van der Waals surface area contributed by atoms with Crippen LogP contribution in [0.15, 0.2) is 41.6 Å². The molecule has 3 heterocycles. The predicted molar refractivity (Wildman–Crippen MR) is 82.1 cm³/mol. The third kappa shape index (κ3) is 2.86. The number of aromatic amines is 1. The number of alkyl halides is 3. The fourth-order valence-corrected chi connectivity index (χ4v) is 3.36. The summed E-state index contributed by atoms with van der Waals surface area (Å²) in [6.45, 7) is 1.51. The average molecular weight is 355 g/mol. The number of nitrogens with one attached hydrogen (secondary N) is 1. The summed E-state index contributed by atoms with van der Waals surface area (Å²) in [5, 5.41) is 0.453. The second-order valence-corrected chi connectivity index (χ2v) is 7.34. The van der Waals surface area contributed by atoms with Gasteiger partial charge in [0.25, 0.3) is 0 Å². The standard InChI is InChI=1S/C15H12F3N3O2S/c1-2-24(22,23)12-8-19-6-5-10(12)11-7-9-3-4-13(15(16,17)18)21-14(9)20-11/h3-8H,2H2,1H3,(H,20,21). The Labute approximate surface area is 135 Å². The zero-order valence-electron chi connectivity index (χ0n) is 12.4. The number of H-pyrrole nitrogens is 1. The van der Waals surface area contributed by atoms with Crippen LogP contribution in [0.25, 0.3) is 22.3 Å². The number of halogens is 3. The van der Waals surface area contributed by atoms with Crippen LogP contribution >= 0.6 is 0 Å². The van der Waals surface area contributed by atoms with Gasteiger partial charge in [-0.05, 0) is 24.3 Å². The van der Waals surface area contributed by atoms with E-state index < -0.39 is 21.7 Å². The highest BCUT2D eigenvalue weighted by Gasteiger charge is 2.32. The first-order chi connectivity index (χ1) is 11.2. The van der Waals surface area contributed by atoms with E-state index in [0.29, 0.717) is 16.6 Å². The molecule has 0 saturated carbocycles. The van der Waals surface area contributed by atoms with Gasteiger partial charge in [-0.3, -0.25) is 4.98 Å². The molecule has 0 aliphatic carbocycles. The number of aromatic nitrogens is 3. The second kappa shape index (κ2) is 5.59. The molecule has 0 bridgehead atoms. The van der Waals surface area contributed by atoms with Crippen molar-refractivity contribution >= 4 is 20.9 Å². The topological polar surface area (TPSA) is 75.7 Å². The Morgan fingerprint density at radius 1 is 1.21 bits per heavy atom. The van der Waals surface area contributed by atoms with Crippen LogP contribution < -0.4 is 0 Å². The van der Waals surface area contributed by atoms with Gasteiger partial charge < -0.3 is 4.98 Å². The molecule has 0 amide bonds. The molecule has 0 atom stereocenters. The first-order valence-electron chi connectivity index (χ1n) is 6.96. The van der Waals surface area contributed by atoms with E-state index in [9.17, 15) is 21.6 Å². The monoisotopic (exact) mass is 355 g/mol. The van der Waals surface area contributed by atoms with Crippen molar-refractivity contribution in [3.05, 3.63) is 42.4 Å². The Bertz CT molecular complexity index is 1010. The van der Waals surface area contributed by atoms with Crippen LogP contribution in [0.3, 0.4) is 0 Å². The Hall–Kier alpha value is -2.42. The Kier molecular flexibility index (Phi) is 3.83. The highest BCUT2D eigenvalue weighted by atomic mass is 32.2. The van der Waals surface area contributed by atoms with E-state index in [1.54, 1.807) is 6.07 Å². The second-order valence-electron chi connectivity index (χ2n) is 5.09. The Morgan fingerprint density at radius 3 is 2.62 bits per heavy atom. The molecule has 5 nitrogen and oxygen atoms in total. The first kappa shape index (κ1) is 16.4. The van der Waals surface area contributed by atoms with Gasteiger partial charge in [-0.1, -0.05) is 6.92 Å². The van der Waals surface area contributed by atoms with Gasteiger partial charge in [0.1, 0.15) is 11.3 Å². The third-order valence-electron chi connectivity index (χ3n) is 3.56. The van der Waals surface area contributed by atoms with Crippen LogP contribution in [-0.2, 0) is 16.0 Å². The zero-order chi connectivity index (χ0) is 17.5. The van der Waals surface area contributed by atoms with E-state index >= 15 is 0 Å². The minimum Gasteiger partial charge on any atom is -0.339 e. The summed E-state index contributed by atoms with van der Waals surface area (Å²) in [6.07, 6.45) is -1.90. The van der Waals surface area contributed by atoms with Gasteiger partial charge in [0, 0.05) is 29.0 Å². The molecule has 0 fully saturated rings. The molecule has 0 aliphatic heterocycles. The molecule has 126 valence electrons. The Morgan fingerprint density at radius 2 is 1.96 bits per heavy atom. The lowest BCUT2D eigenvalue weighted by Crippen LogP contribution is -2.07. The maximum atomic E-state index is 12.7. The highest BCUT2D eigenvalue weighted by Crippen LogP contribution is 2.32. The van der Waals surface area contributed by atoms with E-state index in [1.807, 2.05) is 0 Å². The van der Waals surface area contributed by atoms with Gasteiger partial charge in [0.2, 0.25) is 0 Å². The first-order valence-corrected chi connectivity index (χ1v) is 8.61. The van der Waals surface area contributed by atoms with E-state index in [1.165, 1.54) is 31.5 Å². The highest BCUT2D eigenvalue weighted by molar-refractivity contribution is 7.91. The van der Waals surface area contributed by atoms with Gasteiger partial charge in [-0.2, -0.15) is 13.2 Å². The molecule has 0 unspecified atom stereocenters. The summed E-state index contributed by atoms with van der Waals surface area (Å²) in [5.74, 6) is -0.109. The number of rotatable bonds is 3. The summed E-state index contributed by atoms with van der Waals surface area (Å²) in [5.41, 5.74) is -0.263. The number of sulfone groups is 1. The van der Waals surface area contributed by atoms with Crippen molar-refractivity contribution in [1.29, 1.82) is 0 Å². The maximum absolute atomic E-state index is 12.7. The lowest BCUT2D eigenvalue weighted by atomic mass is 10.2. The quantitative estimate of drug-likeness (QED) is 0.781. The summed E-state index contributed by atoms with van der Waals surface area (Å²) >= 11 is 0. The fourth-order valence-electron chi connectivity index (χ4n) is 2.31. The van der Waals surface area contributed by atoms with Crippen LogP contribution in [0.5, 0.6) is 0 Å². The molecule has 0 aliphatic rings. The molecule has 0 radical (unpaired) electrons. The van der Waals surface area contributed by atoms with E-state index in [0.717, 1.165) is 6.07 Å². The lowest BCUT2D eigenvalue weighted by molar-refractivity contribution is -0.141. The van der Waals surface area contributed by atoms with Crippen LogP contribution in [0, 0.1) is 0 Å². The lowest BCUT2D eigenvalue weighted by Gasteiger charge is -2.06. The molecule has 9 heteroatoms. The molecular weight excluding hydrogens is 343 g/mol. The van der Waals surface area contributed by atoms with Gasteiger partial charge in [0.15, 0.2) is 9.84 Å². The number of nitrogens with zero attached hydrogens (tertiary/aromatic N) is 2. The molecule has 3 rings (SSSR count). The summed E-state index contributed by atoms with van der Waals surface area (Å²) in [6, 6.07) is 5.24. The van der Waals surface area contributed by atoms with Gasteiger partial charge in [-0.25, -0.2) is 13.4 Å². The normalized spacial score (nSPS) is 12.7. The average Bonchev–Trinajstić information content (AvgIpc) is 2.97. The van der Waals surface area contributed by atoms with Crippen molar-refractivity contribution in [2.24, 2.45) is 0 Å². The minimum atomic E-state index is -4.55. The number of fused-ring (bicyclic) bond motifs is 1. The zero-order valence-corrected chi connectivity index (χ0v) is 13.2. The van der Waals surface area contributed by atoms with Crippen LogP contribution in [0.4, 0.5) is 13.2 Å². The third-order valence-corrected chi connectivity index (χ3v) is 5.32. The van der Waals surface area contributed by atoms with Gasteiger partial charge in [0.05, 0.1) is 10.6 Å². The van der Waals surface area contributed by atoms with Crippen LogP contribution in [0.1, 0.15) is 12.6 Å². The molecule has 0 spiro atoms. The van der Waals surface area contributed by atoms with Gasteiger partial charge >= 0.3 is 6.18 Å². The summed E-state index contributed by atoms with van der Waals surface area (Å²) in [7, 11) is -3.53. The number of hydrogen-bond acceptors (Lipinski definition) is 4. The van der Waals surface area contributed by atoms with Crippen molar-refractivity contribution in [2.45, 2.75) is 18.0 Å². The fraction of sp³-hybridized carbons (Fsp3) is 0.200. The van der Waals surface area contributed by atoms with Crippen molar-refractivity contribution in [3.8, 4) is 11.3 Å². The number of pyridine rings is 2. The molecule has 1 N–H and O–H groups in total. The Balaban J connectivity index is 2.18. The molecule has 0 aromatic carbocycles. The van der Waals surface area contributed by atoms with Crippen LogP contribution in [-0.4, -0.2) is 29.1 Å². The van der Waals surface area contributed by atoms with Crippen molar-refractivity contribution in [1.82, 2.24) is 15.0 Å². The minimum absolute atomic E-state index is 0.0232. The maximum Gasteiger partial charge on any atom is 0.433 e. The molecule has 3 aromatic heterocycles. The van der Waals surface area contributed by atoms with E-state index in [-0.39, 0.29) is 16.3 Å². The molecule has 24 heavy (non-hydrogen) atoms. The SMILES string of the molecule is CCS(=O)(=O)c1cnccc1-c1cc2ccc(C(F)(F)F)nc2[nH]1. The largest absolute Gasteiger partial charge is 0.433 e. The van der Waals surface area contributed by atoms with Crippen molar-refractivity contribution < 1.29 is 21.6 Å². The van der Waals surface area contributed by atoms with Crippen LogP contribution in [0.2, 0.25) is 0 Å².